The Morgan fingerprint density at radius 3 is 2.50 bits per heavy atom. The second-order valence-electron chi connectivity index (χ2n) is 4.66. The van der Waals surface area contributed by atoms with Crippen molar-refractivity contribution in [2.45, 2.75) is 19.9 Å². The Balaban J connectivity index is 2.99. The number of amides is 1. The number of para-hydroxylation sites is 1. The van der Waals surface area contributed by atoms with Gasteiger partial charge in [0.25, 0.3) is 5.91 Å². The van der Waals surface area contributed by atoms with Crippen molar-refractivity contribution in [3.63, 3.8) is 0 Å². The summed E-state index contributed by atoms with van der Waals surface area (Å²) in [5, 5.41) is 0. The van der Waals surface area contributed by atoms with Gasteiger partial charge in [-0.3, -0.25) is 4.79 Å². The van der Waals surface area contributed by atoms with Crippen molar-refractivity contribution >= 4 is 5.91 Å². The molecule has 0 unspecified atom stereocenters. The van der Waals surface area contributed by atoms with E-state index in [1.807, 2.05) is 12.1 Å². The zero-order chi connectivity index (χ0) is 13.7. The topological polar surface area (TPSA) is 55.6 Å². The van der Waals surface area contributed by atoms with Crippen molar-refractivity contribution in [2.75, 3.05) is 20.7 Å². The first-order chi connectivity index (χ1) is 8.52. The third kappa shape index (κ3) is 3.01. The van der Waals surface area contributed by atoms with E-state index in [1.54, 1.807) is 31.2 Å². The number of likely N-dealkylation sites (N-methyl/N-ethyl adjacent to an activating group) is 1. The summed E-state index contributed by atoms with van der Waals surface area (Å²) < 4.78 is 5.21. The van der Waals surface area contributed by atoms with Crippen LogP contribution in [0.2, 0.25) is 0 Å². The number of carbonyl (C=O) groups is 1. The lowest BCUT2D eigenvalue weighted by Crippen LogP contribution is -2.45. The third-order valence-electron chi connectivity index (χ3n) is 3.17. The van der Waals surface area contributed by atoms with Crippen LogP contribution in [0.15, 0.2) is 24.3 Å². The molecule has 1 aromatic rings. The second-order valence-corrected chi connectivity index (χ2v) is 4.66. The van der Waals surface area contributed by atoms with Gasteiger partial charge in [-0.2, -0.15) is 0 Å². The van der Waals surface area contributed by atoms with Gasteiger partial charge in [0, 0.05) is 19.6 Å². The quantitative estimate of drug-likeness (QED) is 0.866. The molecular formula is C14H22N2O2. The van der Waals surface area contributed by atoms with E-state index in [2.05, 4.69) is 13.8 Å². The Bertz CT molecular complexity index is 405. The fraction of sp³-hybridized carbons (Fsp3) is 0.500. The summed E-state index contributed by atoms with van der Waals surface area (Å²) in [7, 11) is 3.35. The SMILES string of the molecule is COc1ccccc1C(=O)N(C)[C@H](CN)C(C)C. The van der Waals surface area contributed by atoms with Gasteiger partial charge in [0.05, 0.1) is 12.7 Å². The summed E-state index contributed by atoms with van der Waals surface area (Å²) in [6.45, 7) is 4.57. The van der Waals surface area contributed by atoms with Crippen molar-refractivity contribution in [1.29, 1.82) is 0 Å². The summed E-state index contributed by atoms with van der Waals surface area (Å²) in [5.41, 5.74) is 6.31. The Labute approximate surface area is 109 Å². The maximum absolute atomic E-state index is 12.4. The fourth-order valence-corrected chi connectivity index (χ4v) is 2.04. The molecule has 0 aliphatic rings. The van der Waals surface area contributed by atoms with E-state index in [-0.39, 0.29) is 11.9 Å². The molecule has 0 fully saturated rings. The fourth-order valence-electron chi connectivity index (χ4n) is 2.04. The predicted octanol–water partition coefficient (Wildman–Crippen LogP) is 1.75. The van der Waals surface area contributed by atoms with E-state index in [0.717, 1.165) is 0 Å². The minimum absolute atomic E-state index is 0.0300. The summed E-state index contributed by atoms with van der Waals surface area (Å²) in [6.07, 6.45) is 0. The van der Waals surface area contributed by atoms with Crippen molar-refractivity contribution in [3.05, 3.63) is 29.8 Å². The largest absolute Gasteiger partial charge is 0.496 e. The number of carbonyl (C=O) groups excluding carboxylic acids is 1. The number of methoxy groups -OCH3 is 1. The summed E-state index contributed by atoms with van der Waals surface area (Å²) >= 11 is 0. The van der Waals surface area contributed by atoms with Gasteiger partial charge in [-0.25, -0.2) is 0 Å². The molecule has 0 aromatic heterocycles. The van der Waals surface area contributed by atoms with Crippen LogP contribution in [0.4, 0.5) is 0 Å². The molecule has 4 nitrogen and oxygen atoms in total. The van der Waals surface area contributed by atoms with E-state index in [9.17, 15) is 4.79 Å². The van der Waals surface area contributed by atoms with E-state index in [4.69, 9.17) is 10.5 Å². The van der Waals surface area contributed by atoms with Crippen molar-refractivity contribution < 1.29 is 9.53 Å². The van der Waals surface area contributed by atoms with E-state index >= 15 is 0 Å². The van der Waals surface area contributed by atoms with Crippen LogP contribution in [0.5, 0.6) is 5.75 Å². The molecule has 0 spiro atoms. The lowest BCUT2D eigenvalue weighted by atomic mass is 10.0. The first kappa shape index (κ1) is 14.5. The molecule has 1 amide bonds. The number of benzene rings is 1. The average molecular weight is 250 g/mol. The Hall–Kier alpha value is -1.55. The van der Waals surface area contributed by atoms with Gasteiger partial charge >= 0.3 is 0 Å². The zero-order valence-corrected chi connectivity index (χ0v) is 11.5. The number of hydrogen-bond donors (Lipinski definition) is 1. The summed E-state index contributed by atoms with van der Waals surface area (Å²) in [5.74, 6) is 0.851. The van der Waals surface area contributed by atoms with Crippen molar-refractivity contribution in [3.8, 4) is 5.75 Å². The monoisotopic (exact) mass is 250 g/mol. The number of rotatable bonds is 5. The third-order valence-corrected chi connectivity index (χ3v) is 3.17. The molecule has 0 saturated heterocycles. The highest BCUT2D eigenvalue weighted by molar-refractivity contribution is 5.97. The highest BCUT2D eigenvalue weighted by atomic mass is 16.5. The lowest BCUT2D eigenvalue weighted by Gasteiger charge is -2.30. The van der Waals surface area contributed by atoms with Crippen LogP contribution in [0.3, 0.4) is 0 Å². The smallest absolute Gasteiger partial charge is 0.257 e. The van der Waals surface area contributed by atoms with Crippen LogP contribution in [-0.4, -0.2) is 37.6 Å². The Morgan fingerprint density at radius 1 is 1.39 bits per heavy atom. The van der Waals surface area contributed by atoms with Crippen LogP contribution >= 0.6 is 0 Å². The van der Waals surface area contributed by atoms with Crippen LogP contribution < -0.4 is 10.5 Å². The second kappa shape index (κ2) is 6.40. The number of nitrogens with two attached hydrogens (primary N) is 1. The highest BCUT2D eigenvalue weighted by Crippen LogP contribution is 2.20. The molecule has 2 N–H and O–H groups in total. The molecule has 4 heteroatoms. The van der Waals surface area contributed by atoms with Gasteiger partial charge in [-0.15, -0.1) is 0 Å². The van der Waals surface area contributed by atoms with Crippen molar-refractivity contribution in [1.82, 2.24) is 4.90 Å². The molecule has 1 atom stereocenters. The normalized spacial score (nSPS) is 12.3. The van der Waals surface area contributed by atoms with Crippen LogP contribution in [-0.2, 0) is 0 Å². The van der Waals surface area contributed by atoms with Gasteiger partial charge in [0.2, 0.25) is 0 Å². The first-order valence-electron chi connectivity index (χ1n) is 6.13. The molecular weight excluding hydrogens is 228 g/mol. The Morgan fingerprint density at radius 2 is 2.00 bits per heavy atom. The standard InChI is InChI=1S/C14H22N2O2/c1-10(2)12(9-15)16(3)14(17)11-7-5-6-8-13(11)18-4/h5-8,10,12H,9,15H2,1-4H3/t12-/m1/s1. The van der Waals surface area contributed by atoms with Crippen molar-refractivity contribution in [2.24, 2.45) is 11.7 Å². The summed E-state index contributed by atoms with van der Waals surface area (Å²) in [4.78, 5) is 14.1. The first-order valence-corrected chi connectivity index (χ1v) is 6.13. The molecule has 0 aliphatic heterocycles. The zero-order valence-electron chi connectivity index (χ0n) is 11.5. The maximum Gasteiger partial charge on any atom is 0.257 e. The van der Waals surface area contributed by atoms with Crippen LogP contribution in [0.1, 0.15) is 24.2 Å². The van der Waals surface area contributed by atoms with E-state index in [1.165, 1.54) is 0 Å². The van der Waals surface area contributed by atoms with Gasteiger partial charge in [0.1, 0.15) is 5.75 Å². The van der Waals surface area contributed by atoms with Gasteiger partial charge in [-0.05, 0) is 18.1 Å². The predicted molar refractivity (Wildman–Crippen MR) is 72.8 cm³/mol. The van der Waals surface area contributed by atoms with E-state index < -0.39 is 0 Å². The van der Waals surface area contributed by atoms with E-state index in [0.29, 0.717) is 23.8 Å². The molecule has 0 bridgehead atoms. The maximum atomic E-state index is 12.4. The Kier molecular flexibility index (Phi) is 5.16. The summed E-state index contributed by atoms with van der Waals surface area (Å²) in [6, 6.07) is 7.26. The highest BCUT2D eigenvalue weighted by Gasteiger charge is 2.24. The lowest BCUT2D eigenvalue weighted by molar-refractivity contribution is 0.0693. The molecule has 1 rings (SSSR count). The number of hydrogen-bond acceptors (Lipinski definition) is 3. The van der Waals surface area contributed by atoms with Gasteiger partial charge in [0.15, 0.2) is 0 Å². The molecule has 100 valence electrons. The van der Waals surface area contributed by atoms with Gasteiger partial charge < -0.3 is 15.4 Å². The minimum atomic E-state index is -0.0587. The molecule has 1 aromatic carbocycles. The minimum Gasteiger partial charge on any atom is -0.496 e. The van der Waals surface area contributed by atoms with Crippen LogP contribution in [0, 0.1) is 5.92 Å². The van der Waals surface area contributed by atoms with Gasteiger partial charge in [-0.1, -0.05) is 26.0 Å². The number of nitrogens with zero attached hydrogens (tertiary/aromatic N) is 1. The molecule has 0 radical (unpaired) electrons. The number of ether oxygens (including phenoxy) is 1. The molecule has 18 heavy (non-hydrogen) atoms. The molecule has 0 aliphatic carbocycles. The molecule has 0 saturated carbocycles. The molecule has 0 heterocycles. The average Bonchev–Trinajstić information content (AvgIpc) is 2.38. The van der Waals surface area contributed by atoms with Crippen LogP contribution in [0.25, 0.3) is 0 Å².